The Hall–Kier alpha value is -2.62. The molecular weight excluding hydrogens is 324 g/mol. The summed E-state index contributed by atoms with van der Waals surface area (Å²) in [4.78, 5) is 24.1. The Morgan fingerprint density at radius 3 is 1.42 bits per heavy atom. The molecule has 2 aromatic carbocycles. The van der Waals surface area contributed by atoms with Crippen LogP contribution in [0.5, 0.6) is 0 Å². The fourth-order valence-corrected chi connectivity index (χ4v) is 2.90. The van der Waals surface area contributed by atoms with Crippen molar-refractivity contribution in [3.8, 4) is 0 Å². The van der Waals surface area contributed by atoms with Crippen molar-refractivity contribution in [1.82, 2.24) is 0 Å². The van der Waals surface area contributed by atoms with E-state index in [2.05, 4.69) is 10.6 Å². The minimum Gasteiger partial charge on any atom is -0.326 e. The molecule has 0 aliphatic carbocycles. The number of nitrogens with one attached hydrogen (secondary N) is 2. The Kier molecular flexibility index (Phi) is 6.96. The highest BCUT2D eigenvalue weighted by atomic mass is 16.2. The molecular formula is C22H28N2O2. The van der Waals surface area contributed by atoms with Gasteiger partial charge in [0.25, 0.3) is 0 Å². The summed E-state index contributed by atoms with van der Waals surface area (Å²) >= 11 is 0. The first-order valence-electron chi connectivity index (χ1n) is 9.09. The van der Waals surface area contributed by atoms with Crippen LogP contribution in [-0.4, -0.2) is 11.8 Å². The summed E-state index contributed by atoms with van der Waals surface area (Å²) in [6.07, 6.45) is 2.22. The van der Waals surface area contributed by atoms with Crippen LogP contribution in [-0.2, 0) is 9.59 Å². The first kappa shape index (κ1) is 19.7. The summed E-state index contributed by atoms with van der Waals surface area (Å²) in [5.41, 5.74) is 6.18. The van der Waals surface area contributed by atoms with Gasteiger partial charge in [0.1, 0.15) is 0 Å². The average molecular weight is 352 g/mol. The van der Waals surface area contributed by atoms with Crippen molar-refractivity contribution in [2.75, 3.05) is 10.6 Å². The third-order valence-electron chi connectivity index (χ3n) is 4.37. The van der Waals surface area contributed by atoms with Crippen molar-refractivity contribution in [2.24, 2.45) is 0 Å². The van der Waals surface area contributed by atoms with Crippen molar-refractivity contribution in [2.45, 2.75) is 53.4 Å². The van der Waals surface area contributed by atoms with Gasteiger partial charge in [-0.3, -0.25) is 9.59 Å². The van der Waals surface area contributed by atoms with E-state index in [-0.39, 0.29) is 11.8 Å². The van der Waals surface area contributed by atoms with E-state index >= 15 is 0 Å². The van der Waals surface area contributed by atoms with Gasteiger partial charge in [-0.1, -0.05) is 35.4 Å². The molecule has 2 amide bonds. The molecule has 4 nitrogen and oxygen atoms in total. The highest BCUT2D eigenvalue weighted by Gasteiger charge is 2.08. The van der Waals surface area contributed by atoms with Crippen LogP contribution in [0.2, 0.25) is 0 Å². The van der Waals surface area contributed by atoms with E-state index in [0.717, 1.165) is 22.5 Å². The van der Waals surface area contributed by atoms with Gasteiger partial charge < -0.3 is 10.6 Å². The Labute approximate surface area is 156 Å². The lowest BCUT2D eigenvalue weighted by atomic mass is 10.1. The number of benzene rings is 2. The largest absolute Gasteiger partial charge is 0.326 e. The van der Waals surface area contributed by atoms with Crippen LogP contribution in [0.15, 0.2) is 36.4 Å². The van der Waals surface area contributed by atoms with Gasteiger partial charge in [-0.25, -0.2) is 0 Å². The van der Waals surface area contributed by atoms with Crippen LogP contribution in [0.25, 0.3) is 0 Å². The van der Waals surface area contributed by atoms with Gasteiger partial charge in [-0.2, -0.15) is 0 Å². The molecule has 2 rings (SSSR count). The number of hydrogen-bond donors (Lipinski definition) is 2. The monoisotopic (exact) mass is 352 g/mol. The maximum Gasteiger partial charge on any atom is 0.224 e. The topological polar surface area (TPSA) is 58.2 Å². The van der Waals surface area contributed by atoms with E-state index < -0.39 is 0 Å². The lowest BCUT2D eigenvalue weighted by Crippen LogP contribution is -2.14. The van der Waals surface area contributed by atoms with Gasteiger partial charge in [-0.05, 0) is 63.8 Å². The first-order chi connectivity index (χ1) is 12.3. The number of amides is 2. The van der Waals surface area contributed by atoms with E-state index in [9.17, 15) is 9.59 Å². The Morgan fingerprint density at radius 1 is 0.692 bits per heavy atom. The van der Waals surface area contributed by atoms with Crippen LogP contribution in [0.1, 0.15) is 47.9 Å². The predicted octanol–water partition coefficient (Wildman–Crippen LogP) is 5.06. The second-order valence-electron chi connectivity index (χ2n) is 6.94. The molecule has 0 fully saturated rings. The van der Waals surface area contributed by atoms with Crippen molar-refractivity contribution in [1.29, 1.82) is 0 Å². The van der Waals surface area contributed by atoms with Crippen LogP contribution in [0.4, 0.5) is 11.4 Å². The van der Waals surface area contributed by atoms with E-state index in [1.54, 1.807) is 0 Å². The van der Waals surface area contributed by atoms with Crippen molar-refractivity contribution in [3.05, 3.63) is 58.7 Å². The zero-order valence-corrected chi connectivity index (χ0v) is 16.1. The lowest BCUT2D eigenvalue weighted by molar-refractivity contribution is -0.118. The van der Waals surface area contributed by atoms with E-state index in [0.29, 0.717) is 25.7 Å². The molecule has 4 heteroatoms. The smallest absolute Gasteiger partial charge is 0.224 e. The number of anilines is 2. The number of carbonyl (C=O) groups is 2. The molecule has 138 valence electrons. The Balaban J connectivity index is 1.70. The lowest BCUT2D eigenvalue weighted by Gasteiger charge is -2.10. The highest BCUT2D eigenvalue weighted by Crippen LogP contribution is 2.18. The summed E-state index contributed by atoms with van der Waals surface area (Å²) in [6.45, 7) is 8.03. The predicted molar refractivity (Wildman–Crippen MR) is 108 cm³/mol. The quantitative estimate of drug-likeness (QED) is 0.684. The van der Waals surface area contributed by atoms with E-state index in [1.165, 1.54) is 11.1 Å². The Morgan fingerprint density at radius 2 is 1.08 bits per heavy atom. The van der Waals surface area contributed by atoms with Crippen LogP contribution in [0.3, 0.4) is 0 Å². The number of hydrogen-bond acceptors (Lipinski definition) is 2. The zero-order chi connectivity index (χ0) is 19.1. The number of unbranched alkanes of at least 4 members (excludes halogenated alkanes) is 1. The molecule has 0 atom stereocenters. The van der Waals surface area contributed by atoms with E-state index in [4.69, 9.17) is 0 Å². The summed E-state index contributed by atoms with van der Waals surface area (Å²) in [7, 11) is 0. The molecule has 0 radical (unpaired) electrons. The van der Waals surface area contributed by atoms with Crippen molar-refractivity contribution >= 4 is 23.2 Å². The van der Waals surface area contributed by atoms with Crippen LogP contribution >= 0.6 is 0 Å². The molecule has 0 spiro atoms. The van der Waals surface area contributed by atoms with Gasteiger partial charge in [-0.15, -0.1) is 0 Å². The molecule has 0 aliphatic rings. The minimum atomic E-state index is -0.00765. The van der Waals surface area contributed by atoms with E-state index in [1.807, 2.05) is 64.1 Å². The average Bonchev–Trinajstić information content (AvgIpc) is 2.57. The zero-order valence-electron chi connectivity index (χ0n) is 16.1. The number of carbonyl (C=O) groups excluding carboxylic acids is 2. The van der Waals surface area contributed by atoms with Crippen LogP contribution in [0, 0.1) is 27.7 Å². The fraction of sp³-hybridized carbons (Fsp3) is 0.364. The minimum absolute atomic E-state index is 0.00765. The maximum atomic E-state index is 12.1. The molecule has 0 heterocycles. The maximum absolute atomic E-state index is 12.1. The molecule has 26 heavy (non-hydrogen) atoms. The third kappa shape index (κ3) is 6.03. The molecule has 0 saturated heterocycles. The SMILES string of the molecule is Cc1ccc(NC(=O)CCCCC(=O)Nc2ccc(C)cc2C)c(C)c1. The fourth-order valence-electron chi connectivity index (χ4n) is 2.90. The molecule has 2 N–H and O–H groups in total. The Bertz CT molecular complexity index is 729. The van der Waals surface area contributed by atoms with Gasteiger partial charge in [0.05, 0.1) is 0 Å². The molecule has 2 aromatic rings. The highest BCUT2D eigenvalue weighted by molar-refractivity contribution is 5.92. The molecule has 0 bridgehead atoms. The molecule has 0 aliphatic heterocycles. The molecule has 0 saturated carbocycles. The van der Waals surface area contributed by atoms with Crippen molar-refractivity contribution in [3.63, 3.8) is 0 Å². The summed E-state index contributed by atoms with van der Waals surface area (Å²) in [6, 6.07) is 11.9. The second kappa shape index (κ2) is 9.18. The van der Waals surface area contributed by atoms with Gasteiger partial charge in [0, 0.05) is 24.2 Å². The molecule has 0 aromatic heterocycles. The first-order valence-corrected chi connectivity index (χ1v) is 9.09. The van der Waals surface area contributed by atoms with Crippen LogP contribution < -0.4 is 10.6 Å². The van der Waals surface area contributed by atoms with Gasteiger partial charge in [0.15, 0.2) is 0 Å². The molecule has 0 unspecified atom stereocenters. The summed E-state index contributed by atoms with van der Waals surface area (Å²) < 4.78 is 0. The summed E-state index contributed by atoms with van der Waals surface area (Å²) in [5, 5.41) is 5.88. The van der Waals surface area contributed by atoms with Crippen molar-refractivity contribution < 1.29 is 9.59 Å². The summed E-state index contributed by atoms with van der Waals surface area (Å²) in [5.74, 6) is -0.0153. The van der Waals surface area contributed by atoms with Gasteiger partial charge in [0.2, 0.25) is 11.8 Å². The normalized spacial score (nSPS) is 10.5. The number of aryl methyl sites for hydroxylation is 4. The standard InChI is InChI=1S/C22H28N2O2/c1-15-9-11-19(17(3)13-15)23-21(25)7-5-6-8-22(26)24-20-12-10-16(2)14-18(20)4/h9-14H,5-8H2,1-4H3,(H,23,25)(H,24,26). The van der Waals surface area contributed by atoms with Gasteiger partial charge >= 0.3 is 0 Å². The number of rotatable bonds is 7. The third-order valence-corrected chi connectivity index (χ3v) is 4.37. The second-order valence-corrected chi connectivity index (χ2v) is 6.94.